The molecule has 3 aromatic carbocycles. The normalized spacial score (nSPS) is 14.9. The first-order valence-corrected chi connectivity index (χ1v) is 12.1. The van der Waals surface area contributed by atoms with E-state index < -0.39 is 23.7 Å². The van der Waals surface area contributed by atoms with E-state index in [1.54, 1.807) is 19.2 Å². The monoisotopic (exact) mass is 523 g/mol. The number of methoxy groups -OCH3 is 2. The highest BCUT2D eigenvalue weighted by molar-refractivity contribution is 6.31. The van der Waals surface area contributed by atoms with E-state index in [1.807, 2.05) is 42.5 Å². The van der Waals surface area contributed by atoms with E-state index in [4.69, 9.17) is 21.1 Å². The number of benzene rings is 3. The molecular formula is C28H27ClFN3O4. The van der Waals surface area contributed by atoms with Gasteiger partial charge in [0.15, 0.2) is 0 Å². The van der Waals surface area contributed by atoms with Crippen LogP contribution in [0.25, 0.3) is 0 Å². The number of hydrogen-bond acceptors (Lipinski definition) is 5. The molecule has 0 fully saturated rings. The van der Waals surface area contributed by atoms with Crippen molar-refractivity contribution in [2.75, 3.05) is 33.9 Å². The minimum Gasteiger partial charge on any atom is -0.497 e. The van der Waals surface area contributed by atoms with Gasteiger partial charge in [0, 0.05) is 30.7 Å². The van der Waals surface area contributed by atoms with E-state index in [0.717, 1.165) is 11.1 Å². The van der Waals surface area contributed by atoms with Gasteiger partial charge in [-0.3, -0.25) is 9.59 Å². The van der Waals surface area contributed by atoms with Crippen LogP contribution < -0.4 is 4.74 Å². The van der Waals surface area contributed by atoms with Crippen LogP contribution >= 0.6 is 11.6 Å². The maximum Gasteiger partial charge on any atom is 0.262 e. The van der Waals surface area contributed by atoms with Crippen molar-refractivity contribution in [1.29, 1.82) is 0 Å². The predicted octanol–water partition coefficient (Wildman–Crippen LogP) is 4.95. The summed E-state index contributed by atoms with van der Waals surface area (Å²) in [6, 6.07) is 19.9. The van der Waals surface area contributed by atoms with Gasteiger partial charge in [-0.15, -0.1) is 0 Å². The summed E-state index contributed by atoms with van der Waals surface area (Å²) in [6.07, 6.45) is 0.419. The zero-order valence-corrected chi connectivity index (χ0v) is 21.3. The van der Waals surface area contributed by atoms with Crippen molar-refractivity contribution in [2.24, 2.45) is 5.10 Å². The van der Waals surface area contributed by atoms with Gasteiger partial charge in [0.1, 0.15) is 18.1 Å². The summed E-state index contributed by atoms with van der Waals surface area (Å²) in [4.78, 5) is 28.1. The molecule has 0 saturated heterocycles. The number of halogens is 2. The number of hydrogen-bond donors (Lipinski definition) is 0. The van der Waals surface area contributed by atoms with Crippen molar-refractivity contribution in [3.8, 4) is 5.75 Å². The summed E-state index contributed by atoms with van der Waals surface area (Å²) < 4.78 is 24.8. The lowest BCUT2D eigenvalue weighted by atomic mass is 9.98. The van der Waals surface area contributed by atoms with E-state index in [2.05, 4.69) is 5.10 Å². The Labute approximate surface area is 220 Å². The van der Waals surface area contributed by atoms with Crippen molar-refractivity contribution in [3.05, 3.63) is 100 Å². The molecule has 1 heterocycles. The third-order valence-corrected chi connectivity index (χ3v) is 6.46. The lowest BCUT2D eigenvalue weighted by Gasteiger charge is -2.27. The second kappa shape index (κ2) is 12.0. The first kappa shape index (κ1) is 26.3. The summed E-state index contributed by atoms with van der Waals surface area (Å²) in [5.41, 5.74) is 2.12. The molecule has 7 nitrogen and oxygen atoms in total. The van der Waals surface area contributed by atoms with Gasteiger partial charge in [0.25, 0.3) is 11.8 Å². The molecule has 37 heavy (non-hydrogen) atoms. The molecule has 0 aromatic heterocycles. The van der Waals surface area contributed by atoms with Crippen molar-refractivity contribution in [3.63, 3.8) is 0 Å². The summed E-state index contributed by atoms with van der Waals surface area (Å²) >= 11 is 6.51. The average Bonchev–Trinajstić information content (AvgIpc) is 3.36. The Bertz CT molecular complexity index is 1320. The summed E-state index contributed by atoms with van der Waals surface area (Å²) in [5, 5.41) is 6.53. The highest BCUT2D eigenvalue weighted by Gasteiger charge is 2.35. The zero-order valence-electron chi connectivity index (χ0n) is 20.6. The lowest BCUT2D eigenvalue weighted by Crippen LogP contribution is -2.43. The standard InChI is InChI=1S/C28H27ClFN3O4/c1-36-15-14-32(28(35)22-11-4-6-13-24(22)30)18-27(34)33-26(21-10-3-5-12-23(21)29)17-25(31-33)19-8-7-9-20(16-19)37-2/h3-13,16,26H,14-15,17-18H2,1-2H3/t26-/m0/s1. The van der Waals surface area contributed by atoms with Crippen molar-refractivity contribution >= 4 is 29.1 Å². The molecular weight excluding hydrogens is 497 g/mol. The summed E-state index contributed by atoms with van der Waals surface area (Å²) in [7, 11) is 3.07. The van der Waals surface area contributed by atoms with Crippen LogP contribution in [0.5, 0.6) is 5.75 Å². The fourth-order valence-electron chi connectivity index (χ4n) is 4.20. The topological polar surface area (TPSA) is 71.4 Å². The number of nitrogens with zero attached hydrogens (tertiary/aromatic N) is 3. The van der Waals surface area contributed by atoms with Crippen molar-refractivity contribution in [1.82, 2.24) is 9.91 Å². The molecule has 2 amide bonds. The van der Waals surface area contributed by atoms with Gasteiger partial charge >= 0.3 is 0 Å². The van der Waals surface area contributed by atoms with Crippen LogP contribution in [0.15, 0.2) is 77.9 Å². The molecule has 1 atom stereocenters. The first-order chi connectivity index (χ1) is 17.9. The quantitative estimate of drug-likeness (QED) is 0.398. The number of hydrazone groups is 1. The second-order valence-electron chi connectivity index (χ2n) is 8.46. The largest absolute Gasteiger partial charge is 0.497 e. The van der Waals surface area contributed by atoms with Crippen LogP contribution in [0.2, 0.25) is 5.02 Å². The van der Waals surface area contributed by atoms with Crippen LogP contribution in [0, 0.1) is 5.82 Å². The van der Waals surface area contributed by atoms with Gasteiger partial charge in [-0.2, -0.15) is 5.10 Å². The minimum absolute atomic E-state index is 0.104. The van der Waals surface area contributed by atoms with E-state index in [1.165, 1.54) is 35.2 Å². The second-order valence-corrected chi connectivity index (χ2v) is 8.86. The number of amides is 2. The van der Waals surface area contributed by atoms with E-state index in [0.29, 0.717) is 22.9 Å². The molecule has 1 aliphatic rings. The molecule has 0 spiro atoms. The Morgan fingerprint density at radius 3 is 2.57 bits per heavy atom. The maximum atomic E-state index is 14.4. The fraction of sp³-hybridized carbons (Fsp3) is 0.250. The maximum absolute atomic E-state index is 14.4. The summed E-state index contributed by atoms with van der Waals surface area (Å²) in [6.45, 7) is -0.0292. The molecule has 192 valence electrons. The Morgan fingerprint density at radius 2 is 1.84 bits per heavy atom. The smallest absolute Gasteiger partial charge is 0.262 e. The Kier molecular flexibility index (Phi) is 8.53. The first-order valence-electron chi connectivity index (χ1n) is 11.7. The number of carbonyl (C=O) groups excluding carboxylic acids is 2. The van der Waals surface area contributed by atoms with Crippen molar-refractivity contribution in [2.45, 2.75) is 12.5 Å². The molecule has 0 aliphatic carbocycles. The SMILES string of the molecule is COCCN(CC(=O)N1N=C(c2cccc(OC)c2)C[C@H]1c1ccccc1Cl)C(=O)c1ccccc1F. The molecule has 1 aliphatic heterocycles. The van der Waals surface area contributed by atoms with E-state index in [9.17, 15) is 14.0 Å². The molecule has 0 saturated carbocycles. The lowest BCUT2D eigenvalue weighted by molar-refractivity contribution is -0.133. The van der Waals surface area contributed by atoms with E-state index in [-0.39, 0.29) is 25.3 Å². The molecule has 3 aromatic rings. The molecule has 9 heteroatoms. The molecule has 4 rings (SSSR count). The molecule has 0 radical (unpaired) electrons. The number of carbonyl (C=O) groups is 2. The third kappa shape index (κ3) is 5.98. The number of ether oxygens (including phenoxy) is 2. The van der Waals surface area contributed by atoms with E-state index >= 15 is 0 Å². The van der Waals surface area contributed by atoms with Crippen LogP contribution in [0.1, 0.15) is 33.9 Å². The van der Waals surface area contributed by atoms with Gasteiger partial charge in [0.05, 0.1) is 31.0 Å². The van der Waals surface area contributed by atoms with Crippen LogP contribution in [0.4, 0.5) is 4.39 Å². The number of rotatable bonds is 9. The van der Waals surface area contributed by atoms with Crippen molar-refractivity contribution < 1.29 is 23.5 Å². The van der Waals surface area contributed by atoms with Gasteiger partial charge in [-0.05, 0) is 35.9 Å². The van der Waals surface area contributed by atoms with Gasteiger partial charge in [0.2, 0.25) is 0 Å². The Morgan fingerprint density at radius 1 is 1.08 bits per heavy atom. The van der Waals surface area contributed by atoms with Crippen LogP contribution in [-0.4, -0.2) is 61.4 Å². The molecule has 0 N–H and O–H groups in total. The molecule has 0 bridgehead atoms. The fourth-order valence-corrected chi connectivity index (χ4v) is 4.46. The Hall–Kier alpha value is -3.75. The Balaban J connectivity index is 1.66. The van der Waals surface area contributed by atoms with Crippen LogP contribution in [0.3, 0.4) is 0 Å². The van der Waals surface area contributed by atoms with Gasteiger partial charge in [-0.25, -0.2) is 9.40 Å². The average molecular weight is 524 g/mol. The predicted molar refractivity (Wildman–Crippen MR) is 139 cm³/mol. The molecule has 0 unspecified atom stereocenters. The zero-order chi connectivity index (χ0) is 26.4. The third-order valence-electron chi connectivity index (χ3n) is 6.12. The highest BCUT2D eigenvalue weighted by Crippen LogP contribution is 2.36. The minimum atomic E-state index is -0.657. The highest BCUT2D eigenvalue weighted by atomic mass is 35.5. The summed E-state index contributed by atoms with van der Waals surface area (Å²) in [5.74, 6) is -1.02. The van der Waals surface area contributed by atoms with Crippen LogP contribution in [-0.2, 0) is 9.53 Å². The van der Waals surface area contributed by atoms with Gasteiger partial charge in [-0.1, -0.05) is 54.1 Å². The van der Waals surface area contributed by atoms with Gasteiger partial charge < -0.3 is 14.4 Å².